The highest BCUT2D eigenvalue weighted by Crippen LogP contribution is 2.17. The average molecular weight is 304 g/mol. The third-order valence-electron chi connectivity index (χ3n) is 3.82. The van der Waals surface area contributed by atoms with Gasteiger partial charge in [-0.2, -0.15) is 5.26 Å². The summed E-state index contributed by atoms with van der Waals surface area (Å²) in [5.41, 5.74) is 0.602. The third-order valence-corrected chi connectivity index (χ3v) is 3.82. The van der Waals surface area contributed by atoms with E-state index in [2.05, 4.69) is 11.0 Å². The largest absolute Gasteiger partial charge is 0.491 e. The molecule has 22 heavy (non-hydrogen) atoms. The molecule has 120 valence electrons. The number of likely N-dealkylation sites (tertiary alicyclic amines) is 1. The highest BCUT2D eigenvalue weighted by atomic mass is 16.5. The van der Waals surface area contributed by atoms with Crippen molar-refractivity contribution in [2.45, 2.75) is 19.4 Å². The van der Waals surface area contributed by atoms with E-state index in [1.54, 1.807) is 24.3 Å². The molecule has 5 nitrogen and oxygen atoms in total. The number of aliphatic hydroxyl groups excluding tert-OH is 1. The average Bonchev–Trinajstić information content (AvgIpc) is 2.98. The molecular formula is C17H24N2O3. The lowest BCUT2D eigenvalue weighted by Gasteiger charge is -2.20. The minimum Gasteiger partial charge on any atom is -0.491 e. The Bertz CT molecular complexity index is 484. The first-order chi connectivity index (χ1) is 10.7. The van der Waals surface area contributed by atoms with E-state index in [0.29, 0.717) is 23.8 Å². The SMILES string of the molecule is CCOCC1CCN(CC(O)COc2ccc(C#N)cc2)C1. The number of nitriles is 1. The molecule has 0 amide bonds. The Hall–Kier alpha value is -1.61. The van der Waals surface area contributed by atoms with Crippen LogP contribution in [0.15, 0.2) is 24.3 Å². The van der Waals surface area contributed by atoms with E-state index in [9.17, 15) is 5.11 Å². The van der Waals surface area contributed by atoms with Crippen LogP contribution in [0, 0.1) is 17.2 Å². The van der Waals surface area contributed by atoms with Crippen LogP contribution in [0.1, 0.15) is 18.9 Å². The van der Waals surface area contributed by atoms with Crippen molar-refractivity contribution in [3.8, 4) is 11.8 Å². The summed E-state index contributed by atoms with van der Waals surface area (Å²) >= 11 is 0. The first-order valence-corrected chi connectivity index (χ1v) is 7.82. The van der Waals surface area contributed by atoms with Gasteiger partial charge in [0.2, 0.25) is 0 Å². The number of β-amino-alcohol motifs (C(OH)–C–C–N with tert-alkyl or cyclic N) is 1. The summed E-state index contributed by atoms with van der Waals surface area (Å²) in [6.07, 6.45) is 0.616. The number of aliphatic hydroxyl groups is 1. The summed E-state index contributed by atoms with van der Waals surface area (Å²) in [6.45, 7) is 6.45. The maximum absolute atomic E-state index is 10.1. The summed E-state index contributed by atoms with van der Waals surface area (Å²) in [4.78, 5) is 2.26. The second-order valence-electron chi connectivity index (χ2n) is 5.67. The lowest BCUT2D eigenvalue weighted by atomic mass is 10.1. The van der Waals surface area contributed by atoms with Gasteiger partial charge in [-0.1, -0.05) is 0 Å². The number of rotatable bonds is 8. The molecule has 1 aliphatic rings. The predicted octanol–water partition coefficient (Wildman–Crippen LogP) is 1.66. The maximum Gasteiger partial charge on any atom is 0.119 e. The van der Waals surface area contributed by atoms with Crippen molar-refractivity contribution in [3.63, 3.8) is 0 Å². The minimum atomic E-state index is -0.513. The van der Waals surface area contributed by atoms with E-state index in [1.165, 1.54) is 0 Å². The molecule has 0 aromatic heterocycles. The van der Waals surface area contributed by atoms with Gasteiger partial charge in [0.15, 0.2) is 0 Å². The Kier molecular flexibility index (Phi) is 6.66. The van der Waals surface area contributed by atoms with Crippen LogP contribution in [-0.2, 0) is 4.74 Å². The van der Waals surface area contributed by atoms with Gasteiger partial charge in [0.1, 0.15) is 18.5 Å². The summed E-state index contributed by atoms with van der Waals surface area (Å²) in [7, 11) is 0. The molecule has 1 N–H and O–H groups in total. The van der Waals surface area contributed by atoms with Gasteiger partial charge in [0, 0.05) is 19.7 Å². The quantitative estimate of drug-likeness (QED) is 0.791. The standard InChI is InChI=1S/C17H24N2O3/c1-2-21-12-15-7-8-19(10-15)11-16(20)13-22-17-5-3-14(9-18)4-6-17/h3-6,15-16,20H,2,7-8,10-13H2,1H3. The summed E-state index contributed by atoms with van der Waals surface area (Å²) < 4.78 is 11.0. The van der Waals surface area contributed by atoms with Crippen LogP contribution in [0.3, 0.4) is 0 Å². The van der Waals surface area contributed by atoms with Crippen LogP contribution in [-0.4, -0.2) is 55.6 Å². The summed E-state index contributed by atoms with van der Waals surface area (Å²) in [5, 5.41) is 18.8. The van der Waals surface area contributed by atoms with Crippen LogP contribution in [0.2, 0.25) is 0 Å². The van der Waals surface area contributed by atoms with Crippen LogP contribution < -0.4 is 4.74 Å². The van der Waals surface area contributed by atoms with Gasteiger partial charge in [0.05, 0.1) is 18.2 Å². The van der Waals surface area contributed by atoms with Gasteiger partial charge < -0.3 is 19.5 Å². The molecule has 2 unspecified atom stereocenters. The molecule has 1 aliphatic heterocycles. The van der Waals surface area contributed by atoms with Crippen molar-refractivity contribution in [1.82, 2.24) is 4.90 Å². The van der Waals surface area contributed by atoms with Gasteiger partial charge in [-0.15, -0.1) is 0 Å². The van der Waals surface area contributed by atoms with E-state index in [0.717, 1.165) is 32.7 Å². The van der Waals surface area contributed by atoms with E-state index in [-0.39, 0.29) is 6.61 Å². The Balaban J connectivity index is 1.67. The van der Waals surface area contributed by atoms with Gasteiger partial charge in [-0.25, -0.2) is 0 Å². The molecule has 1 heterocycles. The number of benzene rings is 1. The van der Waals surface area contributed by atoms with Crippen molar-refractivity contribution in [2.24, 2.45) is 5.92 Å². The molecule has 0 saturated carbocycles. The molecule has 0 radical (unpaired) electrons. The topological polar surface area (TPSA) is 65.7 Å². The smallest absolute Gasteiger partial charge is 0.119 e. The van der Waals surface area contributed by atoms with Crippen LogP contribution >= 0.6 is 0 Å². The Morgan fingerprint density at radius 1 is 1.41 bits per heavy atom. The molecule has 1 aromatic rings. The lowest BCUT2D eigenvalue weighted by molar-refractivity contribution is 0.0701. The molecule has 0 bridgehead atoms. The first kappa shape index (κ1) is 16.8. The molecule has 1 saturated heterocycles. The van der Waals surface area contributed by atoms with Gasteiger partial charge in [-0.3, -0.25) is 0 Å². The highest BCUT2D eigenvalue weighted by Gasteiger charge is 2.24. The second-order valence-corrected chi connectivity index (χ2v) is 5.67. The Labute approximate surface area is 132 Å². The van der Waals surface area contributed by atoms with Crippen LogP contribution in [0.5, 0.6) is 5.75 Å². The van der Waals surface area contributed by atoms with Crippen LogP contribution in [0.4, 0.5) is 0 Å². The molecule has 2 rings (SSSR count). The third kappa shape index (κ3) is 5.30. The second kappa shape index (κ2) is 8.74. The van der Waals surface area contributed by atoms with Gasteiger partial charge in [0.25, 0.3) is 0 Å². The molecule has 5 heteroatoms. The fraction of sp³-hybridized carbons (Fsp3) is 0.588. The van der Waals surface area contributed by atoms with Crippen molar-refractivity contribution < 1.29 is 14.6 Å². The Morgan fingerprint density at radius 2 is 2.18 bits per heavy atom. The van der Waals surface area contributed by atoms with Crippen molar-refractivity contribution >= 4 is 0 Å². The monoisotopic (exact) mass is 304 g/mol. The normalized spacial score (nSPS) is 19.8. The zero-order valence-electron chi connectivity index (χ0n) is 13.1. The number of hydrogen-bond donors (Lipinski definition) is 1. The fourth-order valence-corrected chi connectivity index (χ4v) is 2.67. The first-order valence-electron chi connectivity index (χ1n) is 7.82. The highest BCUT2D eigenvalue weighted by molar-refractivity contribution is 5.34. The number of hydrogen-bond acceptors (Lipinski definition) is 5. The van der Waals surface area contributed by atoms with Gasteiger partial charge in [-0.05, 0) is 50.1 Å². The van der Waals surface area contributed by atoms with E-state index in [4.69, 9.17) is 14.7 Å². The van der Waals surface area contributed by atoms with Crippen molar-refractivity contribution in [1.29, 1.82) is 5.26 Å². The number of ether oxygens (including phenoxy) is 2. The predicted molar refractivity (Wildman–Crippen MR) is 83.7 cm³/mol. The molecule has 1 aromatic carbocycles. The molecule has 0 aliphatic carbocycles. The van der Waals surface area contributed by atoms with Gasteiger partial charge >= 0.3 is 0 Å². The van der Waals surface area contributed by atoms with Crippen LogP contribution in [0.25, 0.3) is 0 Å². The Morgan fingerprint density at radius 3 is 2.86 bits per heavy atom. The van der Waals surface area contributed by atoms with E-state index >= 15 is 0 Å². The van der Waals surface area contributed by atoms with Crippen molar-refractivity contribution in [3.05, 3.63) is 29.8 Å². The summed E-state index contributed by atoms with van der Waals surface area (Å²) in [6, 6.07) is 8.98. The molecule has 2 atom stereocenters. The zero-order valence-corrected chi connectivity index (χ0v) is 13.1. The molecule has 0 spiro atoms. The minimum absolute atomic E-state index is 0.262. The number of nitrogens with zero attached hydrogens (tertiary/aromatic N) is 2. The summed E-state index contributed by atoms with van der Waals surface area (Å²) in [5.74, 6) is 1.25. The molecule has 1 fully saturated rings. The molecular weight excluding hydrogens is 280 g/mol. The lowest BCUT2D eigenvalue weighted by Crippen LogP contribution is -2.34. The van der Waals surface area contributed by atoms with Crippen molar-refractivity contribution in [2.75, 3.05) is 39.5 Å². The maximum atomic E-state index is 10.1. The van der Waals surface area contributed by atoms with E-state index in [1.807, 2.05) is 6.92 Å². The fourth-order valence-electron chi connectivity index (χ4n) is 2.67. The zero-order chi connectivity index (χ0) is 15.8. The van der Waals surface area contributed by atoms with E-state index < -0.39 is 6.10 Å².